The summed E-state index contributed by atoms with van der Waals surface area (Å²) in [6, 6.07) is 20.3. The van der Waals surface area contributed by atoms with Crippen molar-refractivity contribution in [2.24, 2.45) is 0 Å². The largest absolute Gasteiger partial charge is 0.315 e. The van der Waals surface area contributed by atoms with Crippen LogP contribution in [-0.4, -0.2) is 31.1 Å². The molecular formula is C20H26N2. The van der Waals surface area contributed by atoms with Crippen LogP contribution in [0.4, 0.5) is 0 Å². The van der Waals surface area contributed by atoms with Gasteiger partial charge in [0.25, 0.3) is 0 Å². The second-order valence-corrected chi connectivity index (χ2v) is 6.05. The Bertz CT molecular complexity index is 554. The van der Waals surface area contributed by atoms with Gasteiger partial charge < -0.3 is 5.32 Å². The van der Waals surface area contributed by atoms with Gasteiger partial charge in [-0.15, -0.1) is 0 Å². The molecule has 2 nitrogen and oxygen atoms in total. The van der Waals surface area contributed by atoms with E-state index in [2.05, 4.69) is 71.7 Å². The fourth-order valence-corrected chi connectivity index (χ4v) is 3.41. The third-order valence-electron chi connectivity index (χ3n) is 4.60. The molecule has 2 aromatic carbocycles. The van der Waals surface area contributed by atoms with Crippen molar-refractivity contribution in [2.75, 3.05) is 26.2 Å². The summed E-state index contributed by atoms with van der Waals surface area (Å²) in [6.45, 7) is 6.91. The highest BCUT2D eigenvalue weighted by molar-refractivity contribution is 5.63. The molecule has 0 saturated carbocycles. The van der Waals surface area contributed by atoms with E-state index in [1.807, 2.05) is 0 Å². The third-order valence-corrected chi connectivity index (χ3v) is 4.60. The smallest absolute Gasteiger partial charge is 0.0346 e. The summed E-state index contributed by atoms with van der Waals surface area (Å²) in [5.41, 5.74) is 4.04. The van der Waals surface area contributed by atoms with Crippen molar-refractivity contribution in [3.63, 3.8) is 0 Å². The minimum Gasteiger partial charge on any atom is -0.315 e. The van der Waals surface area contributed by atoms with Gasteiger partial charge in [0.05, 0.1) is 0 Å². The molecule has 2 aromatic rings. The molecule has 0 bridgehead atoms. The lowest BCUT2D eigenvalue weighted by Crippen LogP contribution is -2.32. The molecule has 1 unspecified atom stereocenters. The SMILES string of the molecule is CCC(c1ccc(-c2ccccc2)cc1)N1CCCNCC1. The van der Waals surface area contributed by atoms with Crippen LogP contribution in [0.1, 0.15) is 31.4 Å². The molecule has 1 heterocycles. The van der Waals surface area contributed by atoms with Crippen LogP contribution in [0.5, 0.6) is 0 Å². The van der Waals surface area contributed by atoms with E-state index in [1.165, 1.54) is 36.1 Å². The van der Waals surface area contributed by atoms with Gasteiger partial charge in [-0.3, -0.25) is 4.90 Å². The Balaban J connectivity index is 1.78. The molecule has 1 aliphatic heterocycles. The Hall–Kier alpha value is -1.64. The zero-order valence-corrected chi connectivity index (χ0v) is 13.5. The molecule has 22 heavy (non-hydrogen) atoms. The van der Waals surface area contributed by atoms with Crippen LogP contribution in [0.25, 0.3) is 11.1 Å². The molecule has 1 saturated heterocycles. The van der Waals surface area contributed by atoms with Crippen molar-refractivity contribution < 1.29 is 0 Å². The second-order valence-electron chi connectivity index (χ2n) is 6.05. The lowest BCUT2D eigenvalue weighted by atomic mass is 9.98. The predicted molar refractivity (Wildman–Crippen MR) is 94.0 cm³/mol. The lowest BCUT2D eigenvalue weighted by molar-refractivity contribution is 0.205. The zero-order valence-electron chi connectivity index (χ0n) is 13.5. The summed E-state index contributed by atoms with van der Waals surface area (Å²) in [7, 11) is 0. The van der Waals surface area contributed by atoms with E-state index in [0.717, 1.165) is 19.6 Å². The van der Waals surface area contributed by atoms with Crippen molar-refractivity contribution in [3.05, 3.63) is 60.2 Å². The summed E-state index contributed by atoms with van der Waals surface area (Å²) in [6.07, 6.45) is 2.42. The van der Waals surface area contributed by atoms with Gasteiger partial charge in [-0.05, 0) is 36.1 Å². The van der Waals surface area contributed by atoms with Crippen molar-refractivity contribution in [2.45, 2.75) is 25.8 Å². The lowest BCUT2D eigenvalue weighted by Gasteiger charge is -2.30. The predicted octanol–water partition coefficient (Wildman–Crippen LogP) is 4.10. The van der Waals surface area contributed by atoms with Crippen LogP contribution in [0.3, 0.4) is 0 Å². The van der Waals surface area contributed by atoms with Gasteiger partial charge in [-0.2, -0.15) is 0 Å². The van der Waals surface area contributed by atoms with E-state index >= 15 is 0 Å². The van der Waals surface area contributed by atoms with Gasteiger partial charge in [0, 0.05) is 25.7 Å². The number of rotatable bonds is 4. The van der Waals surface area contributed by atoms with Crippen LogP contribution in [0, 0.1) is 0 Å². The van der Waals surface area contributed by atoms with E-state index in [0.29, 0.717) is 6.04 Å². The average molecular weight is 294 g/mol. The average Bonchev–Trinajstić information content (AvgIpc) is 2.86. The topological polar surface area (TPSA) is 15.3 Å². The Morgan fingerprint density at radius 1 is 0.909 bits per heavy atom. The van der Waals surface area contributed by atoms with Crippen LogP contribution in [0.15, 0.2) is 54.6 Å². The van der Waals surface area contributed by atoms with Gasteiger partial charge in [0.1, 0.15) is 0 Å². The van der Waals surface area contributed by atoms with Crippen LogP contribution >= 0.6 is 0 Å². The summed E-state index contributed by atoms with van der Waals surface area (Å²) in [5.74, 6) is 0. The van der Waals surface area contributed by atoms with Crippen molar-refractivity contribution in [1.82, 2.24) is 10.2 Å². The first-order chi connectivity index (χ1) is 10.9. The van der Waals surface area contributed by atoms with Gasteiger partial charge in [-0.25, -0.2) is 0 Å². The summed E-state index contributed by atoms with van der Waals surface area (Å²) in [4.78, 5) is 2.64. The molecule has 0 aliphatic carbocycles. The minimum absolute atomic E-state index is 0.546. The first-order valence-corrected chi connectivity index (χ1v) is 8.48. The van der Waals surface area contributed by atoms with Gasteiger partial charge in [0.15, 0.2) is 0 Å². The zero-order chi connectivity index (χ0) is 15.2. The Morgan fingerprint density at radius 3 is 2.36 bits per heavy atom. The minimum atomic E-state index is 0.546. The molecule has 116 valence electrons. The van der Waals surface area contributed by atoms with Crippen LogP contribution in [-0.2, 0) is 0 Å². The van der Waals surface area contributed by atoms with Crippen molar-refractivity contribution in [1.29, 1.82) is 0 Å². The molecule has 1 atom stereocenters. The molecule has 1 aliphatic rings. The molecule has 0 aromatic heterocycles. The molecule has 3 rings (SSSR count). The van der Waals surface area contributed by atoms with E-state index < -0.39 is 0 Å². The Morgan fingerprint density at radius 2 is 1.64 bits per heavy atom. The van der Waals surface area contributed by atoms with Gasteiger partial charge >= 0.3 is 0 Å². The molecule has 0 amide bonds. The molecule has 1 N–H and O–H groups in total. The van der Waals surface area contributed by atoms with E-state index in [9.17, 15) is 0 Å². The normalized spacial score (nSPS) is 17.9. The summed E-state index contributed by atoms with van der Waals surface area (Å²) < 4.78 is 0. The highest BCUT2D eigenvalue weighted by Crippen LogP contribution is 2.27. The second kappa shape index (κ2) is 7.57. The number of hydrogen-bond acceptors (Lipinski definition) is 2. The molecule has 1 fully saturated rings. The highest BCUT2D eigenvalue weighted by atomic mass is 15.2. The molecule has 0 radical (unpaired) electrons. The van der Waals surface area contributed by atoms with Crippen LogP contribution < -0.4 is 5.32 Å². The maximum atomic E-state index is 3.50. The third kappa shape index (κ3) is 3.57. The summed E-state index contributed by atoms with van der Waals surface area (Å²) >= 11 is 0. The number of nitrogens with zero attached hydrogens (tertiary/aromatic N) is 1. The number of hydrogen-bond donors (Lipinski definition) is 1. The van der Waals surface area contributed by atoms with Crippen LogP contribution in [0.2, 0.25) is 0 Å². The highest BCUT2D eigenvalue weighted by Gasteiger charge is 2.19. The van der Waals surface area contributed by atoms with Gasteiger partial charge in [0.2, 0.25) is 0 Å². The Labute approximate surface area is 134 Å². The first-order valence-electron chi connectivity index (χ1n) is 8.48. The maximum absolute atomic E-state index is 3.50. The fourth-order valence-electron chi connectivity index (χ4n) is 3.41. The maximum Gasteiger partial charge on any atom is 0.0346 e. The molecular weight excluding hydrogens is 268 g/mol. The van der Waals surface area contributed by atoms with E-state index in [-0.39, 0.29) is 0 Å². The number of benzene rings is 2. The fraction of sp³-hybridized carbons (Fsp3) is 0.400. The van der Waals surface area contributed by atoms with E-state index in [4.69, 9.17) is 0 Å². The summed E-state index contributed by atoms with van der Waals surface area (Å²) in [5, 5.41) is 3.50. The Kier molecular flexibility index (Phi) is 5.25. The quantitative estimate of drug-likeness (QED) is 0.913. The van der Waals surface area contributed by atoms with Crippen molar-refractivity contribution >= 4 is 0 Å². The van der Waals surface area contributed by atoms with Gasteiger partial charge in [-0.1, -0.05) is 61.5 Å². The monoisotopic (exact) mass is 294 g/mol. The number of nitrogens with one attached hydrogen (secondary N) is 1. The molecule has 2 heteroatoms. The first kappa shape index (κ1) is 15.3. The standard InChI is InChI=1S/C20H26N2/c1-2-20(22-15-6-13-21-14-16-22)19-11-9-18(10-12-19)17-7-4-3-5-8-17/h3-5,7-12,20-21H,2,6,13-16H2,1H3. The van der Waals surface area contributed by atoms with Crippen molar-refractivity contribution in [3.8, 4) is 11.1 Å². The van der Waals surface area contributed by atoms with E-state index in [1.54, 1.807) is 0 Å². The molecule has 0 spiro atoms.